The van der Waals surface area contributed by atoms with Crippen molar-refractivity contribution in [1.82, 2.24) is 0 Å². The largest absolute Gasteiger partial charge is 0.377 e. The van der Waals surface area contributed by atoms with Gasteiger partial charge in [0.05, 0.1) is 126 Å². The summed E-state index contributed by atoms with van der Waals surface area (Å²) >= 11 is 0. The highest BCUT2D eigenvalue weighted by Crippen LogP contribution is 2.17. The molecule has 0 aromatic heterocycles. The molecule has 2 unspecified atom stereocenters. The predicted octanol–water partition coefficient (Wildman–Crippen LogP) is 1.97. The number of rotatable bonds is 17. The molecule has 3 aliphatic heterocycles. The SMILES string of the molecule is C1CCC(OCCOCCOCCOC2(COCCOC3CCCCO3)COCCOCCOCCOCCOC2)OC1. The van der Waals surface area contributed by atoms with Gasteiger partial charge in [0.15, 0.2) is 12.6 Å². The number of hydrogen-bond donors (Lipinski definition) is 0. The third-order valence-corrected chi connectivity index (χ3v) is 6.93. The van der Waals surface area contributed by atoms with Crippen molar-refractivity contribution >= 4 is 0 Å². The molecular formula is C30H56O13. The summed E-state index contributed by atoms with van der Waals surface area (Å²) in [6.07, 6.45) is 6.08. The van der Waals surface area contributed by atoms with Crippen molar-refractivity contribution < 1.29 is 61.6 Å². The van der Waals surface area contributed by atoms with Crippen LogP contribution in [0.2, 0.25) is 0 Å². The summed E-state index contributed by atoms with van der Waals surface area (Å²) in [5.41, 5.74) is -0.833. The molecule has 2 atom stereocenters. The lowest BCUT2D eigenvalue weighted by atomic mass is 10.1. The molecule has 254 valence electrons. The van der Waals surface area contributed by atoms with Crippen LogP contribution in [0, 0.1) is 0 Å². The molecule has 0 N–H and O–H groups in total. The van der Waals surface area contributed by atoms with Crippen LogP contribution < -0.4 is 0 Å². The van der Waals surface area contributed by atoms with Gasteiger partial charge in [0, 0.05) is 13.2 Å². The summed E-state index contributed by atoms with van der Waals surface area (Å²) < 4.78 is 75.0. The molecule has 0 aliphatic carbocycles. The van der Waals surface area contributed by atoms with Gasteiger partial charge < -0.3 is 61.6 Å². The molecule has 43 heavy (non-hydrogen) atoms. The first-order valence-corrected chi connectivity index (χ1v) is 16.1. The van der Waals surface area contributed by atoms with Crippen molar-refractivity contribution in [3.8, 4) is 0 Å². The van der Waals surface area contributed by atoms with Crippen molar-refractivity contribution in [2.75, 3.05) is 139 Å². The van der Waals surface area contributed by atoms with E-state index in [-0.39, 0.29) is 32.4 Å². The maximum atomic E-state index is 6.34. The minimum atomic E-state index is -0.833. The van der Waals surface area contributed by atoms with E-state index in [9.17, 15) is 0 Å². The van der Waals surface area contributed by atoms with Crippen molar-refractivity contribution in [2.24, 2.45) is 0 Å². The van der Waals surface area contributed by atoms with Gasteiger partial charge in [0.25, 0.3) is 0 Å². The zero-order valence-electron chi connectivity index (χ0n) is 26.1. The second kappa shape index (κ2) is 25.6. The molecule has 3 rings (SSSR count). The highest BCUT2D eigenvalue weighted by atomic mass is 16.7. The summed E-state index contributed by atoms with van der Waals surface area (Å²) in [6, 6.07) is 0. The lowest BCUT2D eigenvalue weighted by molar-refractivity contribution is -0.191. The van der Waals surface area contributed by atoms with E-state index in [1.807, 2.05) is 0 Å². The molecule has 3 heterocycles. The van der Waals surface area contributed by atoms with Crippen LogP contribution in [0.4, 0.5) is 0 Å². The average Bonchev–Trinajstić information content (AvgIpc) is 3.04. The van der Waals surface area contributed by atoms with Gasteiger partial charge in [-0.3, -0.25) is 0 Å². The van der Waals surface area contributed by atoms with E-state index in [2.05, 4.69) is 0 Å². The maximum Gasteiger partial charge on any atom is 0.157 e. The molecule has 3 fully saturated rings. The van der Waals surface area contributed by atoms with Crippen molar-refractivity contribution in [2.45, 2.75) is 56.7 Å². The van der Waals surface area contributed by atoms with Crippen LogP contribution in [-0.4, -0.2) is 157 Å². The first-order chi connectivity index (χ1) is 21.4. The van der Waals surface area contributed by atoms with Gasteiger partial charge in [0.2, 0.25) is 0 Å². The Bertz CT molecular complexity index is 601. The molecule has 0 spiro atoms. The quantitative estimate of drug-likeness (QED) is 0.220. The first-order valence-electron chi connectivity index (χ1n) is 16.1. The van der Waals surface area contributed by atoms with E-state index in [4.69, 9.17) is 61.6 Å². The van der Waals surface area contributed by atoms with Gasteiger partial charge in [-0.05, 0) is 38.5 Å². The highest BCUT2D eigenvalue weighted by Gasteiger charge is 2.33. The average molecular weight is 625 g/mol. The molecule has 3 saturated heterocycles. The highest BCUT2D eigenvalue weighted by molar-refractivity contribution is 4.81. The Morgan fingerprint density at radius 3 is 1.37 bits per heavy atom. The second-order valence-corrected chi connectivity index (χ2v) is 10.6. The molecule has 0 saturated carbocycles. The molecule has 0 aromatic carbocycles. The molecule has 3 aliphatic rings. The number of hydrogen-bond acceptors (Lipinski definition) is 13. The molecule has 0 aromatic rings. The van der Waals surface area contributed by atoms with Crippen LogP contribution in [0.5, 0.6) is 0 Å². The topological polar surface area (TPSA) is 120 Å². The monoisotopic (exact) mass is 624 g/mol. The standard InChI is InChI=1S/C30H56O13/c1-3-7-39-28(5-1)41-22-19-34-13-14-35-21-24-43-30(27-38-20-23-42-29-6-2-4-8-40-29)25-36-17-15-32-11-9-31-10-12-33-16-18-37-26-30/h28-29H,1-27H2. The van der Waals surface area contributed by atoms with Gasteiger partial charge in [-0.2, -0.15) is 0 Å². The first kappa shape index (κ1) is 36.9. The third-order valence-electron chi connectivity index (χ3n) is 6.93. The third kappa shape index (κ3) is 18.9. The second-order valence-electron chi connectivity index (χ2n) is 10.6. The Labute approximate surface area is 257 Å². The molecule has 13 heteroatoms. The fourth-order valence-electron chi connectivity index (χ4n) is 4.60. The minimum absolute atomic E-state index is 0.0955. The smallest absolute Gasteiger partial charge is 0.157 e. The molecule has 0 bridgehead atoms. The molecular weight excluding hydrogens is 568 g/mol. The summed E-state index contributed by atoms with van der Waals surface area (Å²) in [5, 5.41) is 0. The van der Waals surface area contributed by atoms with E-state index >= 15 is 0 Å². The zero-order chi connectivity index (χ0) is 29.9. The van der Waals surface area contributed by atoms with Crippen LogP contribution in [0.3, 0.4) is 0 Å². The van der Waals surface area contributed by atoms with Gasteiger partial charge in [-0.25, -0.2) is 0 Å². The molecule has 0 amide bonds. The van der Waals surface area contributed by atoms with Crippen LogP contribution >= 0.6 is 0 Å². The van der Waals surface area contributed by atoms with E-state index in [1.54, 1.807) is 0 Å². The fourth-order valence-corrected chi connectivity index (χ4v) is 4.60. The molecule has 13 nitrogen and oxygen atoms in total. The summed E-state index contributed by atoms with van der Waals surface area (Å²) in [7, 11) is 0. The summed E-state index contributed by atoms with van der Waals surface area (Å²) in [5.74, 6) is 0. The van der Waals surface area contributed by atoms with Crippen LogP contribution in [0.25, 0.3) is 0 Å². The fraction of sp³-hybridized carbons (Fsp3) is 1.00. The zero-order valence-corrected chi connectivity index (χ0v) is 26.1. The summed E-state index contributed by atoms with van der Waals surface area (Å²) in [6.45, 7) is 9.65. The van der Waals surface area contributed by atoms with E-state index in [1.165, 1.54) is 0 Å². The normalized spacial score (nSPS) is 25.4. The van der Waals surface area contributed by atoms with E-state index in [0.717, 1.165) is 51.7 Å². The van der Waals surface area contributed by atoms with Gasteiger partial charge in [-0.15, -0.1) is 0 Å². The number of ether oxygens (including phenoxy) is 13. The Balaban J connectivity index is 1.36. The van der Waals surface area contributed by atoms with Gasteiger partial charge in [-0.1, -0.05) is 0 Å². The van der Waals surface area contributed by atoms with E-state index in [0.29, 0.717) is 106 Å². The van der Waals surface area contributed by atoms with Crippen LogP contribution in [-0.2, 0) is 61.6 Å². The van der Waals surface area contributed by atoms with Crippen LogP contribution in [0.1, 0.15) is 38.5 Å². The lowest BCUT2D eigenvalue weighted by Gasteiger charge is -2.33. The van der Waals surface area contributed by atoms with Crippen LogP contribution in [0.15, 0.2) is 0 Å². The van der Waals surface area contributed by atoms with Gasteiger partial charge >= 0.3 is 0 Å². The maximum absolute atomic E-state index is 6.34. The Kier molecular flexibility index (Phi) is 22.0. The Morgan fingerprint density at radius 2 is 0.884 bits per heavy atom. The summed E-state index contributed by atoms with van der Waals surface area (Å²) in [4.78, 5) is 0. The minimum Gasteiger partial charge on any atom is -0.377 e. The van der Waals surface area contributed by atoms with E-state index < -0.39 is 5.60 Å². The van der Waals surface area contributed by atoms with Gasteiger partial charge in [0.1, 0.15) is 5.60 Å². The Morgan fingerprint density at radius 1 is 0.442 bits per heavy atom. The Hall–Kier alpha value is -0.520. The van der Waals surface area contributed by atoms with Crippen molar-refractivity contribution in [3.63, 3.8) is 0 Å². The predicted molar refractivity (Wildman–Crippen MR) is 154 cm³/mol. The lowest BCUT2D eigenvalue weighted by Crippen LogP contribution is -2.48. The molecule has 0 radical (unpaired) electrons. The van der Waals surface area contributed by atoms with Crippen molar-refractivity contribution in [1.29, 1.82) is 0 Å². The van der Waals surface area contributed by atoms with Crippen molar-refractivity contribution in [3.05, 3.63) is 0 Å².